The van der Waals surface area contributed by atoms with Gasteiger partial charge in [0.15, 0.2) is 5.76 Å². The summed E-state index contributed by atoms with van der Waals surface area (Å²) in [6.07, 6.45) is 2.15. The number of hydrogen-bond acceptors (Lipinski definition) is 3. The predicted molar refractivity (Wildman–Crippen MR) is 51.1 cm³/mol. The minimum atomic E-state index is -0.420. The molecule has 14 heavy (non-hydrogen) atoms. The van der Waals surface area contributed by atoms with Gasteiger partial charge in [0.2, 0.25) is 0 Å². The average molecular weight is 194 g/mol. The van der Waals surface area contributed by atoms with Crippen LogP contribution in [0.4, 0.5) is 0 Å². The van der Waals surface area contributed by atoms with E-state index in [4.69, 9.17) is 10.3 Å². The first-order chi connectivity index (χ1) is 6.61. The molecule has 2 N–H and O–H groups in total. The van der Waals surface area contributed by atoms with Gasteiger partial charge >= 0.3 is 0 Å². The number of carbonyl (C=O) groups is 1. The van der Waals surface area contributed by atoms with Crippen LogP contribution in [-0.4, -0.2) is 11.1 Å². The third kappa shape index (κ3) is 1.41. The van der Waals surface area contributed by atoms with Crippen LogP contribution in [-0.2, 0) is 0 Å². The van der Waals surface area contributed by atoms with Crippen molar-refractivity contribution in [3.8, 4) is 0 Å². The lowest BCUT2D eigenvalue weighted by atomic mass is 10.0. The van der Waals surface area contributed by atoms with E-state index >= 15 is 0 Å². The second-order valence-electron chi connectivity index (χ2n) is 4.10. The number of primary amides is 1. The van der Waals surface area contributed by atoms with E-state index in [2.05, 4.69) is 5.16 Å². The number of carbonyl (C=O) groups excluding carboxylic acids is 1. The summed E-state index contributed by atoms with van der Waals surface area (Å²) in [7, 11) is 0. The zero-order chi connectivity index (χ0) is 10.3. The second-order valence-corrected chi connectivity index (χ2v) is 4.10. The lowest BCUT2D eigenvalue weighted by molar-refractivity contribution is 0.0997. The number of rotatable bonds is 3. The van der Waals surface area contributed by atoms with E-state index in [0.29, 0.717) is 22.9 Å². The van der Waals surface area contributed by atoms with Crippen LogP contribution in [0.15, 0.2) is 4.52 Å². The number of nitrogens with zero attached hydrogens (tertiary/aromatic N) is 1. The highest BCUT2D eigenvalue weighted by Crippen LogP contribution is 2.43. The van der Waals surface area contributed by atoms with Crippen molar-refractivity contribution in [3.05, 3.63) is 17.0 Å². The number of nitrogens with two attached hydrogens (primary N) is 1. The van der Waals surface area contributed by atoms with Crippen molar-refractivity contribution < 1.29 is 9.32 Å². The molecule has 1 heterocycles. The lowest BCUT2D eigenvalue weighted by Gasteiger charge is -2.01. The monoisotopic (exact) mass is 194 g/mol. The first-order valence-corrected chi connectivity index (χ1v) is 4.90. The Hall–Kier alpha value is -1.32. The third-order valence-corrected chi connectivity index (χ3v) is 2.49. The van der Waals surface area contributed by atoms with Gasteiger partial charge in [-0.3, -0.25) is 4.79 Å². The van der Waals surface area contributed by atoms with Gasteiger partial charge < -0.3 is 10.3 Å². The molecule has 0 atom stereocenters. The van der Waals surface area contributed by atoms with Crippen molar-refractivity contribution >= 4 is 5.91 Å². The van der Waals surface area contributed by atoms with E-state index in [1.165, 1.54) is 0 Å². The molecule has 4 nitrogen and oxygen atoms in total. The first-order valence-electron chi connectivity index (χ1n) is 4.90. The van der Waals surface area contributed by atoms with Gasteiger partial charge in [-0.25, -0.2) is 0 Å². The summed E-state index contributed by atoms with van der Waals surface area (Å²) >= 11 is 0. The lowest BCUT2D eigenvalue weighted by Crippen LogP contribution is -2.15. The highest BCUT2D eigenvalue weighted by atomic mass is 16.5. The van der Waals surface area contributed by atoms with Crippen molar-refractivity contribution in [1.29, 1.82) is 0 Å². The van der Waals surface area contributed by atoms with Crippen molar-refractivity contribution in [2.45, 2.75) is 38.5 Å². The SMILES string of the molecule is CC(C)c1noc(C2CC2)c1C(N)=O. The maximum atomic E-state index is 11.3. The molecule has 1 amide bonds. The minimum Gasteiger partial charge on any atom is -0.365 e. The van der Waals surface area contributed by atoms with Crippen LogP contribution in [0.2, 0.25) is 0 Å². The fraction of sp³-hybridized carbons (Fsp3) is 0.600. The zero-order valence-electron chi connectivity index (χ0n) is 8.41. The van der Waals surface area contributed by atoms with Crippen LogP contribution in [0.25, 0.3) is 0 Å². The molecule has 1 aliphatic rings. The first kappa shape index (κ1) is 9.24. The fourth-order valence-corrected chi connectivity index (χ4v) is 1.58. The summed E-state index contributed by atoms with van der Waals surface area (Å²) in [6.45, 7) is 3.95. The van der Waals surface area contributed by atoms with Gasteiger partial charge in [0.25, 0.3) is 5.91 Å². The summed E-state index contributed by atoms with van der Waals surface area (Å²) in [5, 5.41) is 3.92. The normalized spacial score (nSPS) is 16.2. The van der Waals surface area contributed by atoms with Crippen LogP contribution >= 0.6 is 0 Å². The van der Waals surface area contributed by atoms with Crippen LogP contribution in [0.1, 0.15) is 60.3 Å². The maximum absolute atomic E-state index is 11.3. The molecule has 1 saturated carbocycles. The van der Waals surface area contributed by atoms with E-state index in [1.54, 1.807) is 0 Å². The molecule has 1 aromatic rings. The molecule has 0 aliphatic heterocycles. The Kier molecular flexibility index (Phi) is 2.06. The van der Waals surface area contributed by atoms with Gasteiger partial charge in [0.05, 0.1) is 5.69 Å². The topological polar surface area (TPSA) is 69.1 Å². The summed E-state index contributed by atoms with van der Waals surface area (Å²) in [5.74, 6) is 0.823. The Bertz CT molecular complexity index is 345. The maximum Gasteiger partial charge on any atom is 0.254 e. The Labute approximate surface area is 82.4 Å². The van der Waals surface area contributed by atoms with Gasteiger partial charge in [-0.15, -0.1) is 0 Å². The van der Waals surface area contributed by atoms with E-state index in [-0.39, 0.29) is 5.92 Å². The summed E-state index contributed by atoms with van der Waals surface area (Å²) in [6, 6.07) is 0. The van der Waals surface area contributed by atoms with E-state index < -0.39 is 5.91 Å². The Balaban J connectivity index is 2.46. The molecule has 0 radical (unpaired) electrons. The van der Waals surface area contributed by atoms with E-state index in [9.17, 15) is 4.79 Å². The van der Waals surface area contributed by atoms with Gasteiger partial charge in [-0.05, 0) is 18.8 Å². The quantitative estimate of drug-likeness (QED) is 0.797. The second kappa shape index (κ2) is 3.12. The summed E-state index contributed by atoms with van der Waals surface area (Å²) < 4.78 is 5.19. The average Bonchev–Trinajstić information content (AvgIpc) is 2.83. The molecular weight excluding hydrogens is 180 g/mol. The zero-order valence-corrected chi connectivity index (χ0v) is 8.41. The standard InChI is InChI=1S/C10H14N2O2/c1-5(2)8-7(10(11)13)9(14-12-8)6-3-4-6/h5-6H,3-4H2,1-2H3,(H2,11,13). The molecule has 76 valence electrons. The van der Waals surface area contributed by atoms with E-state index in [1.807, 2.05) is 13.8 Å². The highest BCUT2D eigenvalue weighted by molar-refractivity contribution is 5.95. The van der Waals surface area contributed by atoms with Crippen LogP contribution in [0.5, 0.6) is 0 Å². The van der Waals surface area contributed by atoms with Crippen molar-refractivity contribution in [2.24, 2.45) is 5.73 Å². The molecule has 1 fully saturated rings. The molecule has 0 bridgehead atoms. The highest BCUT2D eigenvalue weighted by Gasteiger charge is 2.34. The molecule has 2 rings (SSSR count). The fourth-order valence-electron chi connectivity index (χ4n) is 1.58. The third-order valence-electron chi connectivity index (χ3n) is 2.49. The van der Waals surface area contributed by atoms with Gasteiger partial charge in [0.1, 0.15) is 5.56 Å². The van der Waals surface area contributed by atoms with Crippen molar-refractivity contribution in [2.75, 3.05) is 0 Å². The molecule has 0 aromatic carbocycles. The number of aromatic nitrogens is 1. The summed E-state index contributed by atoms with van der Waals surface area (Å²) in [5.41, 5.74) is 6.53. The molecule has 1 aliphatic carbocycles. The van der Waals surface area contributed by atoms with Crippen LogP contribution in [0.3, 0.4) is 0 Å². The van der Waals surface area contributed by atoms with E-state index in [0.717, 1.165) is 12.8 Å². The molecule has 0 unspecified atom stereocenters. The van der Waals surface area contributed by atoms with Gasteiger partial charge in [-0.1, -0.05) is 19.0 Å². The molecule has 4 heteroatoms. The van der Waals surface area contributed by atoms with Crippen molar-refractivity contribution in [3.63, 3.8) is 0 Å². The molecule has 0 spiro atoms. The summed E-state index contributed by atoms with van der Waals surface area (Å²) in [4.78, 5) is 11.3. The smallest absolute Gasteiger partial charge is 0.254 e. The largest absolute Gasteiger partial charge is 0.365 e. The number of amides is 1. The minimum absolute atomic E-state index is 0.175. The predicted octanol–water partition coefficient (Wildman–Crippen LogP) is 1.77. The Morgan fingerprint density at radius 1 is 1.57 bits per heavy atom. The number of hydrogen-bond donors (Lipinski definition) is 1. The van der Waals surface area contributed by atoms with Gasteiger partial charge in [-0.2, -0.15) is 0 Å². The molecule has 1 aromatic heterocycles. The van der Waals surface area contributed by atoms with Crippen molar-refractivity contribution in [1.82, 2.24) is 5.16 Å². The Morgan fingerprint density at radius 3 is 2.64 bits per heavy atom. The molecule has 0 saturated heterocycles. The van der Waals surface area contributed by atoms with Gasteiger partial charge in [0, 0.05) is 5.92 Å². The molecular formula is C10H14N2O2. The van der Waals surface area contributed by atoms with Crippen LogP contribution in [0, 0.1) is 0 Å². The van der Waals surface area contributed by atoms with Crippen LogP contribution < -0.4 is 5.73 Å². The Morgan fingerprint density at radius 2 is 2.21 bits per heavy atom.